The average molecular weight is 560 g/mol. The predicted molar refractivity (Wildman–Crippen MR) is 158 cm³/mol. The highest BCUT2D eigenvalue weighted by molar-refractivity contribution is 6.35. The molecule has 1 fully saturated rings. The van der Waals surface area contributed by atoms with Gasteiger partial charge in [0.15, 0.2) is 0 Å². The summed E-state index contributed by atoms with van der Waals surface area (Å²) in [6.07, 6.45) is 3.03. The number of nitrogens with one attached hydrogen (secondary N) is 1. The molecule has 6 nitrogen and oxygen atoms in total. The average Bonchev–Trinajstić information content (AvgIpc) is 3.41. The van der Waals surface area contributed by atoms with Crippen molar-refractivity contribution in [3.63, 3.8) is 0 Å². The fourth-order valence-corrected chi connectivity index (χ4v) is 5.07. The number of amides is 2. The molecule has 0 bridgehead atoms. The van der Waals surface area contributed by atoms with Crippen molar-refractivity contribution in [2.24, 2.45) is 0 Å². The Bertz CT molecular complexity index is 1500. The zero-order chi connectivity index (χ0) is 27.4. The van der Waals surface area contributed by atoms with Crippen LogP contribution in [0.25, 0.3) is 17.4 Å². The number of benzene rings is 3. The second-order valence-electron chi connectivity index (χ2n) is 9.32. The molecule has 1 aliphatic rings. The van der Waals surface area contributed by atoms with Crippen LogP contribution in [0.1, 0.15) is 21.7 Å². The molecule has 0 aliphatic carbocycles. The van der Waals surface area contributed by atoms with E-state index in [4.69, 9.17) is 27.6 Å². The molecule has 4 aromatic rings. The van der Waals surface area contributed by atoms with E-state index in [2.05, 4.69) is 10.2 Å². The molecule has 0 atom stereocenters. The van der Waals surface area contributed by atoms with E-state index in [9.17, 15) is 9.59 Å². The molecule has 1 aromatic heterocycles. The Kier molecular flexibility index (Phi) is 8.05. The molecule has 8 heteroatoms. The lowest BCUT2D eigenvalue weighted by atomic mass is 10.1. The number of halogens is 2. The summed E-state index contributed by atoms with van der Waals surface area (Å²) in [4.78, 5) is 29.5. The van der Waals surface area contributed by atoms with E-state index in [1.807, 2.05) is 60.4 Å². The molecule has 0 spiro atoms. The first-order valence-electron chi connectivity index (χ1n) is 12.6. The zero-order valence-electron chi connectivity index (χ0n) is 21.4. The maximum atomic E-state index is 12.9. The molecule has 2 heterocycles. The van der Waals surface area contributed by atoms with E-state index in [1.54, 1.807) is 36.4 Å². The molecule has 1 N–H and O–H groups in total. The molecular formula is C31H27Cl2N3O3. The molecule has 0 radical (unpaired) electrons. The van der Waals surface area contributed by atoms with Gasteiger partial charge in [-0.3, -0.25) is 9.59 Å². The van der Waals surface area contributed by atoms with Crippen molar-refractivity contribution in [3.8, 4) is 11.3 Å². The van der Waals surface area contributed by atoms with E-state index >= 15 is 0 Å². The highest BCUT2D eigenvalue weighted by Gasteiger charge is 2.23. The molecule has 198 valence electrons. The van der Waals surface area contributed by atoms with Crippen molar-refractivity contribution < 1.29 is 14.0 Å². The summed E-state index contributed by atoms with van der Waals surface area (Å²) in [5.74, 6) is 0.954. The SMILES string of the molecule is Cc1ccccc1C(=O)N1CCN(c2ccc(NC(=O)/C=C/c3ccc(-c4cc(Cl)cc(Cl)c4)o3)cc2)CC1. The Morgan fingerprint density at radius 1 is 0.872 bits per heavy atom. The number of hydrogen-bond donors (Lipinski definition) is 1. The number of rotatable bonds is 6. The quantitative estimate of drug-likeness (QED) is 0.254. The second-order valence-corrected chi connectivity index (χ2v) is 10.2. The highest BCUT2D eigenvalue weighted by Crippen LogP contribution is 2.29. The van der Waals surface area contributed by atoms with E-state index in [1.165, 1.54) is 6.08 Å². The van der Waals surface area contributed by atoms with Gasteiger partial charge in [-0.1, -0.05) is 41.4 Å². The molecule has 5 rings (SSSR count). The van der Waals surface area contributed by atoms with Crippen LogP contribution in [0, 0.1) is 6.92 Å². The van der Waals surface area contributed by atoms with Crippen LogP contribution in [0.3, 0.4) is 0 Å². The monoisotopic (exact) mass is 559 g/mol. The predicted octanol–water partition coefficient (Wildman–Crippen LogP) is 7.18. The molecule has 0 saturated carbocycles. The normalized spacial score (nSPS) is 13.6. The summed E-state index contributed by atoms with van der Waals surface area (Å²) in [6, 6.07) is 24.2. The van der Waals surface area contributed by atoms with E-state index in [0.29, 0.717) is 40.3 Å². The first-order chi connectivity index (χ1) is 18.9. The van der Waals surface area contributed by atoms with E-state index < -0.39 is 0 Å². The molecule has 1 aliphatic heterocycles. The van der Waals surface area contributed by atoms with Gasteiger partial charge in [-0.25, -0.2) is 0 Å². The standard InChI is InChI=1S/C31H27Cl2N3O3/c1-21-4-2-3-5-28(21)31(38)36-16-14-35(15-17-36)26-8-6-25(7-9-26)34-30(37)13-11-27-10-12-29(39-27)22-18-23(32)20-24(33)19-22/h2-13,18-20H,14-17H2,1H3,(H,34,37)/b13-11+. The van der Waals surface area contributed by atoms with Crippen molar-refractivity contribution in [3.05, 3.63) is 112 Å². The van der Waals surface area contributed by atoms with Gasteiger partial charge >= 0.3 is 0 Å². The Morgan fingerprint density at radius 3 is 2.26 bits per heavy atom. The van der Waals surface area contributed by atoms with Crippen LogP contribution in [0.4, 0.5) is 11.4 Å². The third kappa shape index (κ3) is 6.53. The largest absolute Gasteiger partial charge is 0.457 e. The van der Waals surface area contributed by atoms with Crippen molar-refractivity contribution >= 4 is 52.5 Å². The van der Waals surface area contributed by atoms with Gasteiger partial charge in [-0.05, 0) is 79.2 Å². The van der Waals surface area contributed by atoms with Gasteiger partial charge in [0.1, 0.15) is 11.5 Å². The number of carbonyl (C=O) groups is 2. The van der Waals surface area contributed by atoms with E-state index in [-0.39, 0.29) is 11.8 Å². The highest BCUT2D eigenvalue weighted by atomic mass is 35.5. The Labute approximate surface area is 237 Å². The Balaban J connectivity index is 1.13. The van der Waals surface area contributed by atoms with Crippen LogP contribution < -0.4 is 10.2 Å². The molecule has 0 unspecified atom stereocenters. The number of furan rings is 1. The summed E-state index contributed by atoms with van der Waals surface area (Å²) in [7, 11) is 0. The summed E-state index contributed by atoms with van der Waals surface area (Å²) < 4.78 is 5.80. The first-order valence-corrected chi connectivity index (χ1v) is 13.4. The number of piperazine rings is 1. The van der Waals surface area contributed by atoms with Gasteiger partial charge in [0.25, 0.3) is 5.91 Å². The van der Waals surface area contributed by atoms with Crippen LogP contribution >= 0.6 is 23.2 Å². The third-order valence-electron chi connectivity index (χ3n) is 6.62. The van der Waals surface area contributed by atoms with Crippen molar-refractivity contribution in [2.75, 3.05) is 36.4 Å². The minimum Gasteiger partial charge on any atom is -0.457 e. The zero-order valence-corrected chi connectivity index (χ0v) is 22.9. The van der Waals surface area contributed by atoms with Gasteiger partial charge in [0, 0.05) is 64.8 Å². The van der Waals surface area contributed by atoms with Crippen LogP contribution in [0.2, 0.25) is 10.0 Å². The number of nitrogens with zero attached hydrogens (tertiary/aromatic N) is 2. The van der Waals surface area contributed by atoms with Gasteiger partial charge in [-0.2, -0.15) is 0 Å². The smallest absolute Gasteiger partial charge is 0.254 e. The van der Waals surface area contributed by atoms with Crippen molar-refractivity contribution in [2.45, 2.75) is 6.92 Å². The maximum absolute atomic E-state index is 12.9. The minimum atomic E-state index is -0.269. The van der Waals surface area contributed by atoms with Crippen LogP contribution in [0.5, 0.6) is 0 Å². The lowest BCUT2D eigenvalue weighted by Crippen LogP contribution is -2.48. The van der Waals surface area contributed by atoms with Crippen LogP contribution in [0.15, 0.2) is 89.4 Å². The third-order valence-corrected chi connectivity index (χ3v) is 7.05. The first kappa shape index (κ1) is 26.6. The number of hydrogen-bond acceptors (Lipinski definition) is 4. The topological polar surface area (TPSA) is 65.8 Å². The van der Waals surface area contributed by atoms with Gasteiger partial charge < -0.3 is 19.5 Å². The second kappa shape index (κ2) is 11.8. The maximum Gasteiger partial charge on any atom is 0.254 e. The van der Waals surface area contributed by atoms with Crippen molar-refractivity contribution in [1.82, 2.24) is 4.90 Å². The summed E-state index contributed by atoms with van der Waals surface area (Å²) in [5, 5.41) is 3.91. The summed E-state index contributed by atoms with van der Waals surface area (Å²) >= 11 is 12.1. The van der Waals surface area contributed by atoms with Crippen LogP contribution in [-0.2, 0) is 4.79 Å². The Hall–Kier alpha value is -4.00. The minimum absolute atomic E-state index is 0.0819. The lowest BCUT2D eigenvalue weighted by Gasteiger charge is -2.36. The molecule has 2 amide bonds. The fourth-order valence-electron chi connectivity index (χ4n) is 4.54. The Morgan fingerprint density at radius 2 is 1.56 bits per heavy atom. The molecule has 39 heavy (non-hydrogen) atoms. The molecule has 1 saturated heterocycles. The lowest BCUT2D eigenvalue weighted by molar-refractivity contribution is -0.111. The summed E-state index contributed by atoms with van der Waals surface area (Å²) in [5.41, 5.74) is 4.26. The van der Waals surface area contributed by atoms with Gasteiger partial charge in [0.2, 0.25) is 5.91 Å². The fraction of sp³-hybridized carbons (Fsp3) is 0.161. The molecule has 3 aromatic carbocycles. The van der Waals surface area contributed by atoms with E-state index in [0.717, 1.165) is 35.5 Å². The number of carbonyl (C=O) groups excluding carboxylic acids is 2. The summed E-state index contributed by atoms with van der Waals surface area (Å²) in [6.45, 7) is 4.79. The van der Waals surface area contributed by atoms with Gasteiger partial charge in [0.05, 0.1) is 0 Å². The number of aryl methyl sites for hydroxylation is 1. The molecular weight excluding hydrogens is 533 g/mol. The number of anilines is 2. The van der Waals surface area contributed by atoms with Gasteiger partial charge in [-0.15, -0.1) is 0 Å². The van der Waals surface area contributed by atoms with Crippen LogP contribution in [-0.4, -0.2) is 42.9 Å². The van der Waals surface area contributed by atoms with Crippen molar-refractivity contribution in [1.29, 1.82) is 0 Å².